The Labute approximate surface area is 106 Å². The van der Waals surface area contributed by atoms with Gasteiger partial charge < -0.3 is 10.6 Å². The molecule has 0 spiro atoms. The van der Waals surface area contributed by atoms with Crippen LogP contribution in [0.2, 0.25) is 0 Å². The van der Waals surface area contributed by atoms with Gasteiger partial charge in [-0.15, -0.1) is 0 Å². The number of carbonyl (C=O) groups excluding carboxylic acids is 1. The topological polar surface area (TPSA) is 41.1 Å². The minimum atomic E-state index is -0.148. The van der Waals surface area contributed by atoms with E-state index >= 15 is 0 Å². The lowest BCUT2D eigenvalue weighted by Gasteiger charge is -2.26. The summed E-state index contributed by atoms with van der Waals surface area (Å²) in [4.78, 5) is 11.5. The van der Waals surface area contributed by atoms with Crippen molar-refractivity contribution in [1.82, 2.24) is 10.6 Å². The van der Waals surface area contributed by atoms with E-state index in [1.807, 2.05) is 20.8 Å². The zero-order chi connectivity index (χ0) is 12.9. The molecular formula is C14H28N2O. The molecule has 3 heteroatoms. The highest BCUT2D eigenvalue weighted by Gasteiger charge is 2.18. The average Bonchev–Trinajstić information content (AvgIpc) is 2.18. The lowest BCUT2D eigenvalue weighted by molar-refractivity contribution is 0.228. The van der Waals surface area contributed by atoms with Gasteiger partial charge in [0.25, 0.3) is 0 Å². The lowest BCUT2D eigenvalue weighted by Crippen LogP contribution is -2.46. The molecule has 0 radical (unpaired) electrons. The van der Waals surface area contributed by atoms with Crippen LogP contribution in [0.1, 0.15) is 59.8 Å². The quantitative estimate of drug-likeness (QED) is 0.781. The number of nitrogens with one attached hydrogen (secondary N) is 2. The van der Waals surface area contributed by atoms with E-state index in [-0.39, 0.29) is 11.6 Å². The molecule has 2 amide bonds. The Balaban J connectivity index is 2.09. The number of hydrogen-bond donors (Lipinski definition) is 2. The minimum Gasteiger partial charge on any atom is -0.338 e. The van der Waals surface area contributed by atoms with Crippen LogP contribution in [-0.4, -0.2) is 18.1 Å². The van der Waals surface area contributed by atoms with Crippen molar-refractivity contribution in [3.8, 4) is 0 Å². The Morgan fingerprint density at radius 1 is 1.18 bits per heavy atom. The van der Waals surface area contributed by atoms with Crippen molar-refractivity contribution < 1.29 is 4.79 Å². The monoisotopic (exact) mass is 240 g/mol. The third-order valence-electron chi connectivity index (χ3n) is 3.46. The standard InChI is InChI=1S/C14H28N2O/c1-11-5-7-12(8-6-11)9-10-15-13(17)16-14(2,3)4/h11-12H,5-10H2,1-4H3,(H2,15,16,17). The third kappa shape index (κ3) is 6.54. The second kappa shape index (κ2) is 6.27. The van der Waals surface area contributed by atoms with E-state index in [1.54, 1.807) is 0 Å². The first kappa shape index (κ1) is 14.3. The average molecular weight is 240 g/mol. The smallest absolute Gasteiger partial charge is 0.315 e. The van der Waals surface area contributed by atoms with Crippen LogP contribution < -0.4 is 10.6 Å². The molecular weight excluding hydrogens is 212 g/mol. The maximum atomic E-state index is 11.5. The first-order valence-corrected chi connectivity index (χ1v) is 6.93. The fraction of sp³-hybridized carbons (Fsp3) is 0.929. The molecule has 100 valence electrons. The van der Waals surface area contributed by atoms with Gasteiger partial charge in [-0.05, 0) is 39.0 Å². The van der Waals surface area contributed by atoms with E-state index < -0.39 is 0 Å². The largest absolute Gasteiger partial charge is 0.338 e. The molecule has 1 aliphatic rings. The summed E-state index contributed by atoms with van der Waals surface area (Å²) in [6.07, 6.45) is 6.52. The van der Waals surface area contributed by atoms with Gasteiger partial charge in [0.15, 0.2) is 0 Å². The second-order valence-electron chi connectivity index (χ2n) is 6.55. The van der Waals surface area contributed by atoms with Gasteiger partial charge in [0.1, 0.15) is 0 Å². The normalized spacial score (nSPS) is 25.4. The maximum absolute atomic E-state index is 11.5. The van der Waals surface area contributed by atoms with Crippen molar-refractivity contribution >= 4 is 6.03 Å². The summed E-state index contributed by atoms with van der Waals surface area (Å²) >= 11 is 0. The fourth-order valence-corrected chi connectivity index (χ4v) is 2.39. The molecule has 1 saturated carbocycles. The van der Waals surface area contributed by atoms with Crippen molar-refractivity contribution in [2.24, 2.45) is 11.8 Å². The Kier molecular flexibility index (Phi) is 5.29. The molecule has 0 aliphatic heterocycles. The van der Waals surface area contributed by atoms with Gasteiger partial charge >= 0.3 is 6.03 Å². The summed E-state index contributed by atoms with van der Waals surface area (Å²) in [5.74, 6) is 1.73. The van der Waals surface area contributed by atoms with Gasteiger partial charge in [0, 0.05) is 12.1 Å². The van der Waals surface area contributed by atoms with Crippen molar-refractivity contribution in [2.45, 2.75) is 65.3 Å². The van der Waals surface area contributed by atoms with E-state index in [1.165, 1.54) is 25.7 Å². The van der Waals surface area contributed by atoms with Gasteiger partial charge in [0.2, 0.25) is 0 Å². The summed E-state index contributed by atoms with van der Waals surface area (Å²) < 4.78 is 0. The number of hydrogen-bond acceptors (Lipinski definition) is 1. The Morgan fingerprint density at radius 2 is 1.76 bits per heavy atom. The van der Waals surface area contributed by atoms with E-state index in [4.69, 9.17) is 0 Å². The number of amides is 2. The van der Waals surface area contributed by atoms with Crippen LogP contribution in [0.4, 0.5) is 4.79 Å². The number of rotatable bonds is 3. The molecule has 0 aromatic carbocycles. The van der Waals surface area contributed by atoms with Crippen molar-refractivity contribution in [3.63, 3.8) is 0 Å². The van der Waals surface area contributed by atoms with Gasteiger partial charge in [-0.25, -0.2) is 4.79 Å². The summed E-state index contributed by atoms with van der Waals surface area (Å²) in [6, 6.07) is -0.0401. The zero-order valence-corrected chi connectivity index (χ0v) is 11.8. The molecule has 0 heterocycles. The Morgan fingerprint density at radius 3 is 2.29 bits per heavy atom. The molecule has 2 N–H and O–H groups in total. The molecule has 3 nitrogen and oxygen atoms in total. The van der Waals surface area contributed by atoms with Crippen LogP contribution in [0.3, 0.4) is 0 Å². The van der Waals surface area contributed by atoms with Crippen LogP contribution in [0.15, 0.2) is 0 Å². The molecule has 0 atom stereocenters. The second-order valence-corrected chi connectivity index (χ2v) is 6.55. The summed E-state index contributed by atoms with van der Waals surface area (Å²) in [6.45, 7) is 9.13. The molecule has 0 unspecified atom stereocenters. The third-order valence-corrected chi connectivity index (χ3v) is 3.46. The molecule has 0 aromatic rings. The zero-order valence-electron chi connectivity index (χ0n) is 11.8. The first-order valence-electron chi connectivity index (χ1n) is 6.93. The molecule has 0 bridgehead atoms. The van der Waals surface area contributed by atoms with E-state index in [0.717, 1.165) is 24.8 Å². The highest BCUT2D eigenvalue weighted by Crippen LogP contribution is 2.29. The summed E-state index contributed by atoms with van der Waals surface area (Å²) in [5, 5.41) is 5.86. The number of urea groups is 1. The predicted octanol–water partition coefficient (Wildman–Crippen LogP) is 3.30. The van der Waals surface area contributed by atoms with Crippen LogP contribution in [0.5, 0.6) is 0 Å². The first-order chi connectivity index (χ1) is 7.87. The van der Waals surface area contributed by atoms with Crippen LogP contribution in [0, 0.1) is 11.8 Å². The molecule has 0 saturated heterocycles. The van der Waals surface area contributed by atoms with Crippen molar-refractivity contribution in [3.05, 3.63) is 0 Å². The van der Waals surface area contributed by atoms with Crippen LogP contribution in [0.25, 0.3) is 0 Å². The van der Waals surface area contributed by atoms with E-state index in [0.29, 0.717) is 0 Å². The van der Waals surface area contributed by atoms with Gasteiger partial charge in [-0.3, -0.25) is 0 Å². The van der Waals surface area contributed by atoms with Gasteiger partial charge in [0.05, 0.1) is 0 Å². The predicted molar refractivity (Wildman–Crippen MR) is 72.0 cm³/mol. The molecule has 0 aromatic heterocycles. The highest BCUT2D eigenvalue weighted by atomic mass is 16.2. The Hall–Kier alpha value is -0.730. The van der Waals surface area contributed by atoms with E-state index in [9.17, 15) is 4.79 Å². The molecule has 1 aliphatic carbocycles. The van der Waals surface area contributed by atoms with Crippen LogP contribution in [-0.2, 0) is 0 Å². The molecule has 17 heavy (non-hydrogen) atoms. The minimum absolute atomic E-state index is 0.0401. The lowest BCUT2D eigenvalue weighted by atomic mass is 9.81. The summed E-state index contributed by atoms with van der Waals surface area (Å²) in [5.41, 5.74) is -0.148. The fourth-order valence-electron chi connectivity index (χ4n) is 2.39. The van der Waals surface area contributed by atoms with Crippen molar-refractivity contribution in [1.29, 1.82) is 0 Å². The van der Waals surface area contributed by atoms with Crippen LogP contribution >= 0.6 is 0 Å². The maximum Gasteiger partial charge on any atom is 0.315 e. The van der Waals surface area contributed by atoms with E-state index in [2.05, 4.69) is 17.6 Å². The van der Waals surface area contributed by atoms with Gasteiger partial charge in [-0.2, -0.15) is 0 Å². The SMILES string of the molecule is CC1CCC(CCNC(=O)NC(C)(C)C)CC1. The summed E-state index contributed by atoms with van der Waals surface area (Å²) in [7, 11) is 0. The molecule has 1 fully saturated rings. The highest BCUT2D eigenvalue weighted by molar-refractivity contribution is 5.74. The molecule has 1 rings (SSSR count). The Bertz CT molecular complexity index is 237. The van der Waals surface area contributed by atoms with Crippen molar-refractivity contribution in [2.75, 3.05) is 6.54 Å². The van der Waals surface area contributed by atoms with Gasteiger partial charge in [-0.1, -0.05) is 32.6 Å². The number of carbonyl (C=O) groups is 1.